The third-order valence-electron chi connectivity index (χ3n) is 5.37. The Morgan fingerprint density at radius 3 is 3.08 bits per heavy atom. The van der Waals surface area contributed by atoms with Crippen LogP contribution in [0.3, 0.4) is 0 Å². The Labute approximate surface area is 143 Å². The topological polar surface area (TPSA) is 65.7 Å². The number of likely N-dealkylation sites (tertiary alicyclic amines) is 1. The number of benzene rings is 1. The van der Waals surface area contributed by atoms with Gasteiger partial charge in [-0.1, -0.05) is 12.1 Å². The molecule has 3 atom stereocenters. The van der Waals surface area contributed by atoms with Gasteiger partial charge in [0.15, 0.2) is 0 Å². The largest absolute Gasteiger partial charge is 0.491 e. The van der Waals surface area contributed by atoms with Crippen LogP contribution in [-0.4, -0.2) is 54.6 Å². The van der Waals surface area contributed by atoms with Gasteiger partial charge in [0.2, 0.25) is 0 Å². The molecule has 0 amide bonds. The van der Waals surface area contributed by atoms with E-state index >= 15 is 0 Å². The van der Waals surface area contributed by atoms with Crippen LogP contribution in [0.2, 0.25) is 0 Å². The van der Waals surface area contributed by atoms with Crippen LogP contribution >= 0.6 is 0 Å². The van der Waals surface area contributed by atoms with Gasteiger partial charge in [-0.3, -0.25) is 4.90 Å². The Bertz CT molecular complexity index is 597. The van der Waals surface area contributed by atoms with Gasteiger partial charge in [0.1, 0.15) is 18.4 Å². The van der Waals surface area contributed by atoms with E-state index < -0.39 is 5.60 Å². The molecule has 1 N–H and O–H groups in total. The zero-order chi connectivity index (χ0) is 17.0. The van der Waals surface area contributed by atoms with E-state index in [1.54, 1.807) is 6.07 Å². The van der Waals surface area contributed by atoms with Crippen molar-refractivity contribution in [2.24, 2.45) is 5.92 Å². The molecule has 24 heavy (non-hydrogen) atoms. The summed E-state index contributed by atoms with van der Waals surface area (Å²) in [7, 11) is 0. The van der Waals surface area contributed by atoms with Crippen molar-refractivity contribution < 1.29 is 14.6 Å². The predicted molar refractivity (Wildman–Crippen MR) is 90.8 cm³/mol. The molecule has 5 heteroatoms. The predicted octanol–water partition coefficient (Wildman–Crippen LogP) is 2.19. The van der Waals surface area contributed by atoms with E-state index in [0.717, 1.165) is 25.9 Å². The molecule has 1 aromatic rings. The first-order valence-corrected chi connectivity index (χ1v) is 8.78. The lowest BCUT2D eigenvalue weighted by atomic mass is 9.79. The minimum Gasteiger partial charge on any atom is -0.491 e. The molecule has 5 nitrogen and oxygen atoms in total. The van der Waals surface area contributed by atoms with Crippen molar-refractivity contribution in [2.45, 2.75) is 37.8 Å². The fourth-order valence-corrected chi connectivity index (χ4v) is 3.92. The maximum atomic E-state index is 10.7. The Balaban J connectivity index is 1.57. The summed E-state index contributed by atoms with van der Waals surface area (Å²) in [5.74, 6) is 0.795. The second-order valence-corrected chi connectivity index (χ2v) is 6.99. The molecule has 2 aliphatic heterocycles. The van der Waals surface area contributed by atoms with Crippen LogP contribution in [0.5, 0.6) is 5.75 Å². The molecule has 130 valence electrons. The molecule has 3 rings (SSSR count). The Morgan fingerprint density at radius 1 is 1.46 bits per heavy atom. The molecule has 0 aliphatic carbocycles. The maximum Gasteiger partial charge on any atom is 0.137 e. The molecule has 1 aromatic carbocycles. The van der Waals surface area contributed by atoms with Gasteiger partial charge in [-0.25, -0.2) is 0 Å². The van der Waals surface area contributed by atoms with Gasteiger partial charge in [0.05, 0.1) is 17.8 Å². The third-order valence-corrected chi connectivity index (χ3v) is 5.37. The lowest BCUT2D eigenvalue weighted by Gasteiger charge is -2.43. The zero-order valence-corrected chi connectivity index (χ0v) is 14.3. The van der Waals surface area contributed by atoms with Crippen molar-refractivity contribution in [3.05, 3.63) is 29.8 Å². The summed E-state index contributed by atoms with van der Waals surface area (Å²) >= 11 is 0. The molecule has 0 unspecified atom stereocenters. The fourth-order valence-electron chi connectivity index (χ4n) is 3.92. The van der Waals surface area contributed by atoms with Crippen LogP contribution in [0.1, 0.15) is 31.7 Å². The minimum atomic E-state index is -0.653. The number of nitriles is 1. The fraction of sp³-hybridized carbons (Fsp3) is 0.632. The van der Waals surface area contributed by atoms with E-state index in [1.165, 1.54) is 0 Å². The number of ether oxygens (including phenoxy) is 2. The number of nitrogens with zero attached hydrogens (tertiary/aromatic N) is 2. The van der Waals surface area contributed by atoms with Crippen molar-refractivity contribution in [1.82, 2.24) is 4.90 Å². The molecular formula is C19H26N2O3. The summed E-state index contributed by atoms with van der Waals surface area (Å²) in [4.78, 5) is 2.41. The molecular weight excluding hydrogens is 304 g/mol. The van der Waals surface area contributed by atoms with Crippen molar-refractivity contribution >= 4 is 0 Å². The highest BCUT2D eigenvalue weighted by atomic mass is 16.5. The lowest BCUT2D eigenvalue weighted by Crippen LogP contribution is -2.53. The van der Waals surface area contributed by atoms with Crippen molar-refractivity contribution in [1.29, 1.82) is 5.26 Å². The van der Waals surface area contributed by atoms with Crippen LogP contribution in [-0.2, 0) is 4.74 Å². The molecule has 2 saturated heterocycles. The number of hydrogen-bond acceptors (Lipinski definition) is 5. The highest BCUT2D eigenvalue weighted by Crippen LogP contribution is 2.35. The molecule has 2 heterocycles. The summed E-state index contributed by atoms with van der Waals surface area (Å²) < 4.78 is 11.4. The average Bonchev–Trinajstić information content (AvgIpc) is 3.03. The van der Waals surface area contributed by atoms with Crippen LogP contribution in [0.25, 0.3) is 0 Å². The first-order chi connectivity index (χ1) is 11.6. The van der Waals surface area contributed by atoms with Crippen molar-refractivity contribution in [3.8, 4) is 11.8 Å². The summed E-state index contributed by atoms with van der Waals surface area (Å²) in [5.41, 5.74) is -0.0844. The Hall–Kier alpha value is -1.61. The second kappa shape index (κ2) is 7.52. The molecule has 0 bridgehead atoms. The van der Waals surface area contributed by atoms with Gasteiger partial charge < -0.3 is 14.6 Å². The highest BCUT2D eigenvalue weighted by molar-refractivity contribution is 5.42. The normalized spacial score (nSPS) is 30.9. The van der Waals surface area contributed by atoms with Gasteiger partial charge >= 0.3 is 0 Å². The van der Waals surface area contributed by atoms with Crippen LogP contribution in [0.15, 0.2) is 24.3 Å². The Kier molecular flexibility index (Phi) is 5.40. The molecule has 2 aliphatic rings. The summed E-state index contributed by atoms with van der Waals surface area (Å²) in [6.45, 7) is 5.59. The van der Waals surface area contributed by atoms with E-state index in [2.05, 4.69) is 11.0 Å². The van der Waals surface area contributed by atoms with E-state index in [0.29, 0.717) is 43.6 Å². The summed E-state index contributed by atoms with van der Waals surface area (Å²) in [6.07, 6.45) is 2.94. The molecule has 0 radical (unpaired) electrons. The van der Waals surface area contributed by atoms with E-state index in [-0.39, 0.29) is 5.92 Å². The zero-order valence-electron chi connectivity index (χ0n) is 14.3. The average molecular weight is 330 g/mol. The second-order valence-electron chi connectivity index (χ2n) is 6.99. The van der Waals surface area contributed by atoms with Gasteiger partial charge in [-0.15, -0.1) is 0 Å². The minimum absolute atomic E-state index is 0.153. The van der Waals surface area contributed by atoms with Gasteiger partial charge in [0.25, 0.3) is 0 Å². The summed E-state index contributed by atoms with van der Waals surface area (Å²) in [5, 5.41) is 19.8. The number of para-hydroxylation sites is 1. The lowest BCUT2D eigenvalue weighted by molar-refractivity contribution is -0.123. The molecule has 0 spiro atoms. The van der Waals surface area contributed by atoms with Crippen LogP contribution in [0.4, 0.5) is 0 Å². The van der Waals surface area contributed by atoms with Gasteiger partial charge in [0, 0.05) is 25.1 Å². The Morgan fingerprint density at radius 2 is 2.29 bits per heavy atom. The quantitative estimate of drug-likeness (QED) is 0.896. The third kappa shape index (κ3) is 3.72. The van der Waals surface area contributed by atoms with Gasteiger partial charge in [-0.2, -0.15) is 5.26 Å². The van der Waals surface area contributed by atoms with E-state index in [4.69, 9.17) is 14.7 Å². The summed E-state index contributed by atoms with van der Waals surface area (Å²) in [6, 6.07) is 9.82. The number of aliphatic hydroxyl groups is 1. The first-order valence-electron chi connectivity index (χ1n) is 8.78. The smallest absolute Gasteiger partial charge is 0.137 e. The SMILES string of the molecule is C[C@]1(O)CCOC[C@H]1[C@H]1CCCN1CCOc1ccccc1C#N. The monoisotopic (exact) mass is 330 g/mol. The molecule has 0 saturated carbocycles. The van der Waals surface area contributed by atoms with Gasteiger partial charge in [-0.05, 0) is 44.9 Å². The maximum absolute atomic E-state index is 10.7. The van der Waals surface area contributed by atoms with E-state index in [1.807, 2.05) is 25.1 Å². The number of rotatable bonds is 5. The standard InChI is InChI=1S/C19H26N2O3/c1-19(22)8-11-23-14-16(19)17-6-4-9-21(17)10-12-24-18-7-3-2-5-15(18)13-20/h2-3,5,7,16-17,22H,4,6,8-12,14H2,1H3/t16-,17+,19-/m0/s1. The van der Waals surface area contributed by atoms with Crippen LogP contribution < -0.4 is 4.74 Å². The van der Waals surface area contributed by atoms with E-state index in [9.17, 15) is 5.11 Å². The van der Waals surface area contributed by atoms with Crippen molar-refractivity contribution in [2.75, 3.05) is 32.9 Å². The first kappa shape index (κ1) is 17.2. The van der Waals surface area contributed by atoms with Crippen LogP contribution in [0, 0.1) is 17.2 Å². The number of hydrogen-bond donors (Lipinski definition) is 1. The highest BCUT2D eigenvalue weighted by Gasteiger charge is 2.43. The molecule has 2 fully saturated rings. The molecule has 0 aromatic heterocycles. The van der Waals surface area contributed by atoms with Crippen molar-refractivity contribution in [3.63, 3.8) is 0 Å².